The topological polar surface area (TPSA) is 87.6 Å². The number of aliphatic carboxylic acids is 1. The molecule has 1 aromatic carbocycles. The Bertz CT molecular complexity index is 860. The van der Waals surface area contributed by atoms with Gasteiger partial charge in [-0.3, -0.25) is 4.90 Å². The summed E-state index contributed by atoms with van der Waals surface area (Å²) in [5, 5.41) is 21.2. The molecule has 30 heavy (non-hydrogen) atoms. The van der Waals surface area contributed by atoms with Gasteiger partial charge >= 0.3 is 12.1 Å². The molecule has 0 amide bonds. The van der Waals surface area contributed by atoms with Gasteiger partial charge in [0.25, 0.3) is 0 Å². The summed E-state index contributed by atoms with van der Waals surface area (Å²) in [5.41, 5.74) is 0.635. The molecule has 1 aromatic heterocycles. The molecule has 2 aromatic rings. The van der Waals surface area contributed by atoms with Crippen molar-refractivity contribution in [2.75, 3.05) is 32.8 Å². The standard InChI is InChI=1S/C16H19FN4OS.C2HF3O2/c17-13-4-2-1-3-12(13)14-9-21(5-6-22-14)10-15-19-20-16(23-15)11-7-18-8-11;3-2(4,5)1(6)7/h1-4,11,14,18H,5-10H2;(H,6,7). The van der Waals surface area contributed by atoms with Crippen LogP contribution in [-0.4, -0.2) is 65.1 Å². The van der Waals surface area contributed by atoms with Gasteiger partial charge in [0.1, 0.15) is 15.8 Å². The van der Waals surface area contributed by atoms with E-state index in [0.717, 1.165) is 36.2 Å². The Morgan fingerprint density at radius 2 is 2.00 bits per heavy atom. The number of ether oxygens (including phenoxy) is 1. The lowest BCUT2D eigenvalue weighted by Gasteiger charge is -2.32. The van der Waals surface area contributed by atoms with Crippen LogP contribution in [0, 0.1) is 5.82 Å². The number of morpholine rings is 1. The Morgan fingerprint density at radius 1 is 1.30 bits per heavy atom. The van der Waals surface area contributed by atoms with E-state index in [4.69, 9.17) is 14.6 Å². The smallest absolute Gasteiger partial charge is 0.475 e. The van der Waals surface area contributed by atoms with Crippen molar-refractivity contribution in [1.82, 2.24) is 20.4 Å². The van der Waals surface area contributed by atoms with E-state index in [-0.39, 0.29) is 11.9 Å². The van der Waals surface area contributed by atoms with Gasteiger partial charge in [0, 0.05) is 37.7 Å². The van der Waals surface area contributed by atoms with Crippen molar-refractivity contribution < 1.29 is 32.2 Å². The first-order valence-corrected chi connectivity index (χ1v) is 9.97. The van der Waals surface area contributed by atoms with E-state index in [0.29, 0.717) is 24.6 Å². The maximum absolute atomic E-state index is 13.9. The number of nitrogens with zero attached hydrogens (tertiary/aromatic N) is 3. The van der Waals surface area contributed by atoms with Gasteiger partial charge in [0.05, 0.1) is 19.3 Å². The lowest BCUT2D eigenvalue weighted by atomic mass is 10.1. The minimum atomic E-state index is -5.08. The Hall–Kier alpha value is -2.15. The number of hydrogen-bond acceptors (Lipinski definition) is 7. The van der Waals surface area contributed by atoms with Gasteiger partial charge in [-0.1, -0.05) is 29.5 Å². The van der Waals surface area contributed by atoms with Gasteiger partial charge in [-0.25, -0.2) is 9.18 Å². The highest BCUT2D eigenvalue weighted by Gasteiger charge is 2.38. The average Bonchev–Trinajstić information content (AvgIpc) is 3.08. The van der Waals surface area contributed by atoms with E-state index >= 15 is 0 Å². The minimum absolute atomic E-state index is 0.199. The van der Waals surface area contributed by atoms with Gasteiger partial charge in [-0.2, -0.15) is 13.2 Å². The first kappa shape index (κ1) is 22.5. The van der Waals surface area contributed by atoms with Crippen LogP contribution in [0.3, 0.4) is 0 Å². The van der Waals surface area contributed by atoms with Crippen LogP contribution in [0.5, 0.6) is 0 Å². The number of carboxylic acid groups (broad SMARTS) is 1. The molecule has 2 fully saturated rings. The number of halogens is 4. The number of carboxylic acids is 1. The summed E-state index contributed by atoms with van der Waals surface area (Å²) in [4.78, 5) is 11.2. The molecule has 2 N–H and O–H groups in total. The van der Waals surface area contributed by atoms with E-state index in [2.05, 4.69) is 20.4 Å². The van der Waals surface area contributed by atoms with Crippen molar-refractivity contribution in [3.8, 4) is 0 Å². The molecule has 0 saturated carbocycles. The summed E-state index contributed by atoms with van der Waals surface area (Å²) in [6.45, 7) is 4.89. The summed E-state index contributed by atoms with van der Waals surface area (Å²) >= 11 is 1.69. The molecule has 1 unspecified atom stereocenters. The van der Waals surface area contributed by atoms with Crippen LogP contribution in [0.4, 0.5) is 17.6 Å². The molecular weight excluding hydrogens is 428 g/mol. The number of aromatic nitrogens is 2. The molecular formula is C18H20F4N4O3S. The summed E-state index contributed by atoms with van der Waals surface area (Å²) < 4.78 is 51.4. The third kappa shape index (κ3) is 5.94. The van der Waals surface area contributed by atoms with Crippen molar-refractivity contribution in [3.63, 3.8) is 0 Å². The Kier molecular flexibility index (Phi) is 7.34. The third-order valence-electron chi connectivity index (χ3n) is 4.62. The molecule has 12 heteroatoms. The number of hydrogen-bond donors (Lipinski definition) is 2. The first-order chi connectivity index (χ1) is 14.2. The van der Waals surface area contributed by atoms with Gasteiger partial charge in [0.15, 0.2) is 0 Å². The number of alkyl halides is 3. The first-order valence-electron chi connectivity index (χ1n) is 9.15. The zero-order valence-corrected chi connectivity index (χ0v) is 16.5. The molecule has 2 aliphatic rings. The number of carbonyl (C=O) groups is 1. The molecule has 0 bridgehead atoms. The number of nitrogens with one attached hydrogen (secondary N) is 1. The van der Waals surface area contributed by atoms with Gasteiger partial charge in [0.2, 0.25) is 0 Å². The van der Waals surface area contributed by atoms with Crippen LogP contribution in [0.15, 0.2) is 24.3 Å². The van der Waals surface area contributed by atoms with Crippen LogP contribution in [-0.2, 0) is 16.1 Å². The zero-order valence-electron chi connectivity index (χ0n) is 15.7. The maximum atomic E-state index is 13.9. The monoisotopic (exact) mass is 448 g/mol. The quantitative estimate of drug-likeness (QED) is 0.696. The van der Waals surface area contributed by atoms with Gasteiger partial charge < -0.3 is 15.2 Å². The fraction of sp³-hybridized carbons (Fsp3) is 0.500. The Morgan fingerprint density at radius 3 is 2.60 bits per heavy atom. The Labute approximate surface area is 173 Å². The van der Waals surface area contributed by atoms with E-state index < -0.39 is 12.1 Å². The molecule has 2 saturated heterocycles. The molecule has 3 heterocycles. The minimum Gasteiger partial charge on any atom is -0.475 e. The largest absolute Gasteiger partial charge is 0.490 e. The van der Waals surface area contributed by atoms with Gasteiger partial charge in [-0.05, 0) is 6.07 Å². The second-order valence-corrected chi connectivity index (χ2v) is 7.90. The summed E-state index contributed by atoms with van der Waals surface area (Å²) in [5.74, 6) is -2.43. The molecule has 4 rings (SSSR count). The zero-order chi connectivity index (χ0) is 21.7. The van der Waals surface area contributed by atoms with E-state index in [1.807, 2.05) is 6.07 Å². The SMILES string of the molecule is Fc1ccccc1C1CN(Cc2nnc(C3CNC3)s2)CCO1.O=C(O)C(F)(F)F. The van der Waals surface area contributed by atoms with Crippen LogP contribution >= 0.6 is 11.3 Å². The lowest BCUT2D eigenvalue weighted by Crippen LogP contribution is -2.39. The summed E-state index contributed by atoms with van der Waals surface area (Å²) in [6, 6.07) is 6.85. The highest BCUT2D eigenvalue weighted by Crippen LogP contribution is 2.27. The average molecular weight is 448 g/mol. The van der Waals surface area contributed by atoms with Crippen molar-refractivity contribution >= 4 is 17.3 Å². The second kappa shape index (κ2) is 9.77. The molecule has 0 spiro atoms. The lowest BCUT2D eigenvalue weighted by molar-refractivity contribution is -0.192. The predicted molar refractivity (Wildman–Crippen MR) is 99.6 cm³/mol. The maximum Gasteiger partial charge on any atom is 0.490 e. The predicted octanol–water partition coefficient (Wildman–Crippen LogP) is 2.57. The van der Waals surface area contributed by atoms with E-state index in [9.17, 15) is 17.6 Å². The van der Waals surface area contributed by atoms with E-state index in [1.165, 1.54) is 6.07 Å². The van der Waals surface area contributed by atoms with Crippen molar-refractivity contribution in [3.05, 3.63) is 45.7 Å². The van der Waals surface area contributed by atoms with Crippen LogP contribution in [0.1, 0.15) is 27.6 Å². The molecule has 164 valence electrons. The second-order valence-electron chi connectivity index (χ2n) is 6.81. The normalized spacial score (nSPS) is 20.2. The number of rotatable bonds is 4. The third-order valence-corrected chi connectivity index (χ3v) is 5.69. The molecule has 1 atom stereocenters. The summed E-state index contributed by atoms with van der Waals surface area (Å²) in [7, 11) is 0. The van der Waals surface area contributed by atoms with Crippen molar-refractivity contribution in [2.45, 2.75) is 24.7 Å². The van der Waals surface area contributed by atoms with Crippen LogP contribution < -0.4 is 5.32 Å². The fourth-order valence-electron chi connectivity index (χ4n) is 2.92. The highest BCUT2D eigenvalue weighted by atomic mass is 32.1. The fourth-order valence-corrected chi connectivity index (χ4v) is 3.91. The number of benzene rings is 1. The molecule has 7 nitrogen and oxygen atoms in total. The molecule has 0 aliphatic carbocycles. The van der Waals surface area contributed by atoms with Crippen LogP contribution in [0.25, 0.3) is 0 Å². The molecule has 0 radical (unpaired) electrons. The van der Waals surface area contributed by atoms with Crippen molar-refractivity contribution in [1.29, 1.82) is 0 Å². The van der Waals surface area contributed by atoms with Crippen LogP contribution in [0.2, 0.25) is 0 Å². The Balaban J connectivity index is 0.000000318. The van der Waals surface area contributed by atoms with Crippen molar-refractivity contribution in [2.24, 2.45) is 0 Å². The van der Waals surface area contributed by atoms with Gasteiger partial charge in [-0.15, -0.1) is 10.2 Å². The highest BCUT2D eigenvalue weighted by molar-refractivity contribution is 7.11. The van der Waals surface area contributed by atoms with E-state index in [1.54, 1.807) is 23.5 Å². The molecule has 2 aliphatic heterocycles. The summed E-state index contributed by atoms with van der Waals surface area (Å²) in [6.07, 6.45) is -5.30.